The Morgan fingerprint density at radius 3 is 2.71 bits per heavy atom. The molecule has 21 heavy (non-hydrogen) atoms. The van der Waals surface area contributed by atoms with Gasteiger partial charge in [-0.3, -0.25) is 15.1 Å². The third kappa shape index (κ3) is 3.53. The van der Waals surface area contributed by atoms with E-state index in [2.05, 4.69) is 4.98 Å². The average Bonchev–Trinajstić information content (AvgIpc) is 2.45. The Bertz CT molecular complexity index is 682. The molecule has 0 radical (unpaired) electrons. The number of rotatable bonds is 5. The predicted octanol–water partition coefficient (Wildman–Crippen LogP) is 2.58. The lowest BCUT2D eigenvalue weighted by molar-refractivity contribution is -0.386. The number of hydrogen-bond donors (Lipinski definition) is 1. The summed E-state index contributed by atoms with van der Waals surface area (Å²) in [7, 11) is 0. The van der Waals surface area contributed by atoms with E-state index < -0.39 is 10.9 Å². The van der Waals surface area contributed by atoms with Crippen LogP contribution in [0, 0.1) is 17.0 Å². The van der Waals surface area contributed by atoms with Crippen molar-refractivity contribution < 1.29 is 19.6 Å². The van der Waals surface area contributed by atoms with E-state index >= 15 is 0 Å². The van der Waals surface area contributed by atoms with Gasteiger partial charge >= 0.3 is 11.7 Å². The summed E-state index contributed by atoms with van der Waals surface area (Å²) in [6, 6.07) is 7.49. The molecule has 0 aliphatic heterocycles. The van der Waals surface area contributed by atoms with Crippen LogP contribution in [0.5, 0.6) is 5.75 Å². The van der Waals surface area contributed by atoms with Crippen LogP contribution in [-0.4, -0.2) is 21.0 Å². The van der Waals surface area contributed by atoms with Crippen LogP contribution >= 0.6 is 0 Å². The van der Waals surface area contributed by atoms with E-state index in [0.717, 1.165) is 5.56 Å². The zero-order chi connectivity index (χ0) is 15.4. The fraction of sp³-hybridized carbons (Fsp3) is 0.143. The molecule has 0 bridgehead atoms. The maximum absolute atomic E-state index is 10.9. The number of nitrogens with zero attached hydrogens (tertiary/aromatic N) is 2. The first-order chi connectivity index (χ1) is 9.97. The van der Waals surface area contributed by atoms with Crippen LogP contribution in [-0.2, 0) is 6.61 Å². The molecule has 1 N–H and O–H groups in total. The summed E-state index contributed by atoms with van der Waals surface area (Å²) in [4.78, 5) is 25.0. The fourth-order valence-corrected chi connectivity index (χ4v) is 1.68. The summed E-state index contributed by atoms with van der Waals surface area (Å²) in [5, 5.41) is 19.7. The first-order valence-corrected chi connectivity index (χ1v) is 6.03. The van der Waals surface area contributed by atoms with Gasteiger partial charge in [-0.05, 0) is 30.7 Å². The number of aromatic nitrogens is 1. The molecule has 1 aromatic heterocycles. The molecule has 2 aromatic rings. The molecule has 7 heteroatoms. The maximum Gasteiger partial charge on any atom is 0.337 e. The second kappa shape index (κ2) is 6.00. The molecule has 0 saturated heterocycles. The number of benzene rings is 1. The number of carbonyl (C=O) groups is 1. The second-order valence-corrected chi connectivity index (χ2v) is 4.36. The Morgan fingerprint density at radius 2 is 2.14 bits per heavy atom. The van der Waals surface area contributed by atoms with Gasteiger partial charge in [-0.1, -0.05) is 6.07 Å². The molecule has 0 aliphatic carbocycles. The largest absolute Gasteiger partial charge is 0.480 e. The number of pyridine rings is 1. The van der Waals surface area contributed by atoms with Crippen molar-refractivity contribution in [1.29, 1.82) is 0 Å². The molecule has 0 fully saturated rings. The van der Waals surface area contributed by atoms with Crippen LogP contribution < -0.4 is 4.74 Å². The smallest absolute Gasteiger partial charge is 0.337 e. The Labute approximate surface area is 120 Å². The highest BCUT2D eigenvalue weighted by atomic mass is 16.6. The van der Waals surface area contributed by atoms with Gasteiger partial charge in [-0.2, -0.15) is 0 Å². The molecular formula is C14H12N2O5. The standard InChI is InChI=1S/C14H12N2O5/c1-9-2-5-12(16(19)20)13(6-9)21-8-11-4-3-10(7-15-11)14(17)18/h2-7H,8H2,1H3,(H,17,18). The lowest BCUT2D eigenvalue weighted by atomic mass is 10.2. The van der Waals surface area contributed by atoms with E-state index in [0.29, 0.717) is 5.69 Å². The average molecular weight is 288 g/mol. The topological polar surface area (TPSA) is 103 Å². The zero-order valence-electron chi connectivity index (χ0n) is 11.1. The molecule has 0 unspecified atom stereocenters. The number of nitro benzene ring substituents is 1. The van der Waals surface area contributed by atoms with Crippen molar-refractivity contribution in [2.75, 3.05) is 0 Å². The van der Waals surface area contributed by atoms with Crippen molar-refractivity contribution in [1.82, 2.24) is 4.98 Å². The summed E-state index contributed by atoms with van der Waals surface area (Å²) in [5.41, 5.74) is 1.27. The minimum Gasteiger partial charge on any atom is -0.480 e. The van der Waals surface area contributed by atoms with Crippen molar-refractivity contribution in [3.05, 3.63) is 63.5 Å². The fourth-order valence-electron chi connectivity index (χ4n) is 1.68. The van der Waals surface area contributed by atoms with Crippen LogP contribution in [0.3, 0.4) is 0 Å². The molecule has 0 aliphatic rings. The summed E-state index contributed by atoms with van der Waals surface area (Å²) in [5.74, 6) is -0.909. The van der Waals surface area contributed by atoms with Gasteiger partial charge in [0.05, 0.1) is 16.2 Å². The molecule has 108 valence electrons. The van der Waals surface area contributed by atoms with Crippen LogP contribution in [0.2, 0.25) is 0 Å². The van der Waals surface area contributed by atoms with Gasteiger partial charge in [-0.15, -0.1) is 0 Å². The minimum atomic E-state index is -1.07. The second-order valence-electron chi connectivity index (χ2n) is 4.36. The Balaban J connectivity index is 2.14. The van der Waals surface area contributed by atoms with E-state index in [9.17, 15) is 14.9 Å². The molecule has 1 heterocycles. The number of nitro groups is 1. The third-order valence-electron chi connectivity index (χ3n) is 2.76. The van der Waals surface area contributed by atoms with Gasteiger partial charge in [0.25, 0.3) is 0 Å². The molecule has 0 saturated carbocycles. The Kier molecular flexibility index (Phi) is 4.13. The number of ether oxygens (including phenoxy) is 1. The molecular weight excluding hydrogens is 276 g/mol. The maximum atomic E-state index is 10.9. The van der Waals surface area contributed by atoms with Crippen LogP contribution in [0.1, 0.15) is 21.6 Å². The van der Waals surface area contributed by atoms with Gasteiger partial charge in [-0.25, -0.2) is 4.79 Å². The summed E-state index contributed by atoms with van der Waals surface area (Å²) >= 11 is 0. The summed E-state index contributed by atoms with van der Waals surface area (Å²) in [6.45, 7) is 1.82. The molecule has 0 amide bonds. The molecule has 0 atom stereocenters. The SMILES string of the molecule is Cc1ccc([N+](=O)[O-])c(OCc2ccc(C(=O)O)cn2)c1. The van der Waals surface area contributed by atoms with E-state index in [1.54, 1.807) is 19.1 Å². The normalized spacial score (nSPS) is 10.1. The number of hydrogen-bond acceptors (Lipinski definition) is 5. The van der Waals surface area contributed by atoms with Crippen molar-refractivity contribution in [3.63, 3.8) is 0 Å². The van der Waals surface area contributed by atoms with Crippen molar-refractivity contribution in [3.8, 4) is 5.75 Å². The molecule has 1 aromatic carbocycles. The third-order valence-corrected chi connectivity index (χ3v) is 2.76. The Morgan fingerprint density at radius 1 is 1.38 bits per heavy atom. The summed E-state index contributed by atoms with van der Waals surface area (Å²) < 4.78 is 5.41. The van der Waals surface area contributed by atoms with Gasteiger partial charge in [0.1, 0.15) is 6.61 Å². The molecule has 2 rings (SSSR count). The van der Waals surface area contributed by atoms with E-state index in [4.69, 9.17) is 9.84 Å². The highest BCUT2D eigenvalue weighted by Gasteiger charge is 2.15. The molecule has 0 spiro atoms. The van der Waals surface area contributed by atoms with Crippen molar-refractivity contribution in [2.45, 2.75) is 13.5 Å². The Hall–Kier alpha value is -2.96. The van der Waals surface area contributed by atoms with Gasteiger partial charge < -0.3 is 9.84 Å². The molecule has 7 nitrogen and oxygen atoms in total. The van der Waals surface area contributed by atoms with Crippen molar-refractivity contribution in [2.24, 2.45) is 0 Å². The lowest BCUT2D eigenvalue weighted by Crippen LogP contribution is -2.03. The number of aromatic carboxylic acids is 1. The highest BCUT2D eigenvalue weighted by molar-refractivity contribution is 5.87. The first-order valence-electron chi connectivity index (χ1n) is 6.03. The number of carboxylic acid groups (broad SMARTS) is 1. The zero-order valence-corrected chi connectivity index (χ0v) is 11.1. The van der Waals surface area contributed by atoms with Gasteiger partial charge in [0, 0.05) is 12.3 Å². The number of carboxylic acids is 1. The van der Waals surface area contributed by atoms with Gasteiger partial charge in [0.15, 0.2) is 5.75 Å². The van der Waals surface area contributed by atoms with Gasteiger partial charge in [0.2, 0.25) is 0 Å². The quantitative estimate of drug-likeness (QED) is 0.670. The van der Waals surface area contributed by atoms with Crippen molar-refractivity contribution >= 4 is 11.7 Å². The first kappa shape index (κ1) is 14.4. The highest BCUT2D eigenvalue weighted by Crippen LogP contribution is 2.28. The van der Waals surface area contributed by atoms with Crippen LogP contribution in [0.25, 0.3) is 0 Å². The lowest BCUT2D eigenvalue weighted by Gasteiger charge is -2.07. The van der Waals surface area contributed by atoms with Crippen LogP contribution in [0.4, 0.5) is 5.69 Å². The minimum absolute atomic E-state index is 0.0180. The number of aryl methyl sites for hydroxylation is 1. The van der Waals surface area contributed by atoms with E-state index in [1.807, 2.05) is 0 Å². The monoisotopic (exact) mass is 288 g/mol. The van der Waals surface area contributed by atoms with E-state index in [-0.39, 0.29) is 23.6 Å². The van der Waals surface area contributed by atoms with Crippen LogP contribution in [0.15, 0.2) is 36.5 Å². The predicted molar refractivity (Wildman–Crippen MR) is 73.4 cm³/mol. The summed E-state index contributed by atoms with van der Waals surface area (Å²) in [6.07, 6.45) is 1.21. The van der Waals surface area contributed by atoms with E-state index in [1.165, 1.54) is 24.4 Å².